The van der Waals surface area contributed by atoms with Gasteiger partial charge in [-0.2, -0.15) is 0 Å². The predicted octanol–water partition coefficient (Wildman–Crippen LogP) is 4.37. The molecule has 0 fully saturated rings. The number of hydrogen-bond donors (Lipinski definition) is 1. The first-order valence-electron chi connectivity index (χ1n) is 7.07. The van der Waals surface area contributed by atoms with E-state index in [9.17, 15) is 4.79 Å². The van der Waals surface area contributed by atoms with Crippen molar-refractivity contribution in [3.05, 3.63) is 56.6 Å². The second-order valence-corrected chi connectivity index (χ2v) is 7.62. The Morgan fingerprint density at radius 2 is 2.04 bits per heavy atom. The first-order valence-corrected chi connectivity index (χ1v) is 9.14. The van der Waals surface area contributed by atoms with Crippen molar-refractivity contribution in [2.24, 2.45) is 4.99 Å². The van der Waals surface area contributed by atoms with E-state index in [1.807, 2.05) is 24.3 Å². The molecule has 4 rings (SSSR count). The number of amides is 1. The molecular weight excluding hydrogens is 350 g/mol. The van der Waals surface area contributed by atoms with Gasteiger partial charge in [0.15, 0.2) is 5.17 Å². The van der Waals surface area contributed by atoms with Gasteiger partial charge in [-0.25, -0.2) is 0 Å². The molecule has 116 valence electrons. The number of aliphatic imine (C=N–C) groups is 1. The van der Waals surface area contributed by atoms with E-state index in [2.05, 4.69) is 20.6 Å². The van der Waals surface area contributed by atoms with Crippen LogP contribution in [0, 0.1) is 0 Å². The van der Waals surface area contributed by atoms with Gasteiger partial charge in [0, 0.05) is 17.6 Å². The molecule has 0 atom stereocenters. The highest BCUT2D eigenvalue weighted by Gasteiger charge is 2.26. The van der Waals surface area contributed by atoms with E-state index in [0.29, 0.717) is 9.21 Å². The van der Waals surface area contributed by atoms with Crippen LogP contribution in [0.15, 0.2) is 46.8 Å². The lowest BCUT2D eigenvalue weighted by Gasteiger charge is -2.16. The van der Waals surface area contributed by atoms with Crippen LogP contribution in [0.4, 0.5) is 5.69 Å². The lowest BCUT2D eigenvalue weighted by atomic mass is 10.1. The predicted molar refractivity (Wildman–Crippen MR) is 98.3 cm³/mol. The Morgan fingerprint density at radius 1 is 1.22 bits per heavy atom. The van der Waals surface area contributed by atoms with Crippen LogP contribution in [0.1, 0.15) is 15.2 Å². The summed E-state index contributed by atoms with van der Waals surface area (Å²) >= 11 is 8.80. The van der Waals surface area contributed by atoms with Gasteiger partial charge in [0.2, 0.25) is 0 Å². The van der Waals surface area contributed by atoms with Crippen LogP contribution in [0.2, 0.25) is 4.34 Å². The molecule has 2 aromatic rings. The summed E-state index contributed by atoms with van der Waals surface area (Å²) in [5.74, 6) is -0.140. The topological polar surface area (TPSA) is 44.7 Å². The Labute approximate surface area is 146 Å². The third-order valence-electron chi connectivity index (χ3n) is 3.60. The quantitative estimate of drug-likeness (QED) is 0.882. The molecule has 0 unspecified atom stereocenters. The molecule has 1 amide bonds. The monoisotopic (exact) mass is 361 g/mol. The molecular formula is C16H12ClN3OS2. The van der Waals surface area contributed by atoms with Gasteiger partial charge in [-0.05, 0) is 29.8 Å². The van der Waals surface area contributed by atoms with Crippen LogP contribution in [-0.4, -0.2) is 29.1 Å². The largest absolute Gasteiger partial charge is 0.321 e. The fourth-order valence-corrected chi connectivity index (χ4v) is 4.40. The summed E-state index contributed by atoms with van der Waals surface area (Å²) < 4.78 is 0.610. The highest BCUT2D eigenvalue weighted by molar-refractivity contribution is 8.16. The fraction of sp³-hybridized carbons (Fsp3) is 0.125. The summed E-state index contributed by atoms with van der Waals surface area (Å²) in [6.45, 7) is 1.79. The van der Waals surface area contributed by atoms with Crippen LogP contribution >= 0.6 is 34.7 Å². The van der Waals surface area contributed by atoms with E-state index in [1.54, 1.807) is 23.9 Å². The van der Waals surface area contributed by atoms with E-state index < -0.39 is 0 Å². The molecule has 2 aliphatic heterocycles. The zero-order chi connectivity index (χ0) is 15.8. The first-order chi connectivity index (χ1) is 11.2. The highest BCUT2D eigenvalue weighted by atomic mass is 35.5. The normalized spacial score (nSPS) is 16.1. The number of hydrogen-bond acceptors (Lipinski definition) is 5. The summed E-state index contributed by atoms with van der Waals surface area (Å²) in [6.07, 6.45) is 0. The molecule has 3 heterocycles. The van der Waals surface area contributed by atoms with Gasteiger partial charge < -0.3 is 10.2 Å². The van der Waals surface area contributed by atoms with E-state index in [-0.39, 0.29) is 5.91 Å². The van der Waals surface area contributed by atoms with Gasteiger partial charge >= 0.3 is 0 Å². The second kappa shape index (κ2) is 6.03. The third-order valence-corrected chi connectivity index (χ3v) is 5.74. The van der Waals surface area contributed by atoms with Gasteiger partial charge in [0.25, 0.3) is 5.91 Å². The standard InChI is InChI=1S/C16H12ClN3OS2/c17-14-6-5-13(23-14)15(21)19-11-3-1-10(2-4-11)12-9-22-16-18-7-8-20(12)16/h1-6,9H,7-8H2,(H,19,21). The molecule has 4 nitrogen and oxygen atoms in total. The second-order valence-electron chi connectivity index (χ2n) is 5.07. The van der Waals surface area contributed by atoms with E-state index in [0.717, 1.165) is 29.5 Å². The number of anilines is 1. The third kappa shape index (κ3) is 2.89. The Kier molecular flexibility index (Phi) is 3.88. The molecule has 2 aliphatic rings. The molecule has 1 aromatic heterocycles. The van der Waals surface area contributed by atoms with Crippen LogP contribution in [-0.2, 0) is 0 Å². The van der Waals surface area contributed by atoms with Crippen molar-refractivity contribution in [2.75, 3.05) is 18.4 Å². The number of nitrogens with one attached hydrogen (secondary N) is 1. The zero-order valence-electron chi connectivity index (χ0n) is 12.0. The molecule has 0 radical (unpaired) electrons. The van der Waals surface area contributed by atoms with E-state index in [1.165, 1.54) is 17.0 Å². The average Bonchev–Trinajstić information content (AvgIpc) is 3.24. The van der Waals surface area contributed by atoms with Gasteiger partial charge in [-0.3, -0.25) is 9.79 Å². The molecule has 1 aromatic carbocycles. The van der Waals surface area contributed by atoms with Gasteiger partial charge in [0.05, 0.1) is 21.5 Å². The Hall–Kier alpha value is -1.76. The maximum absolute atomic E-state index is 12.1. The SMILES string of the molecule is O=C(Nc1ccc(C2=CSC3=NCCN23)cc1)c1ccc(Cl)s1. The van der Waals surface area contributed by atoms with Crippen molar-refractivity contribution in [3.8, 4) is 0 Å². The van der Waals surface area contributed by atoms with Crippen LogP contribution in [0.3, 0.4) is 0 Å². The number of benzene rings is 1. The maximum Gasteiger partial charge on any atom is 0.265 e. The summed E-state index contributed by atoms with van der Waals surface area (Å²) in [5, 5.41) is 6.09. The number of amidine groups is 1. The Morgan fingerprint density at radius 3 is 2.78 bits per heavy atom. The smallest absolute Gasteiger partial charge is 0.265 e. The van der Waals surface area contributed by atoms with Crippen molar-refractivity contribution < 1.29 is 4.79 Å². The summed E-state index contributed by atoms with van der Waals surface area (Å²) in [5.41, 5.74) is 3.07. The molecule has 0 saturated carbocycles. The van der Waals surface area contributed by atoms with Crippen LogP contribution in [0.25, 0.3) is 5.70 Å². The number of halogens is 1. The lowest BCUT2D eigenvalue weighted by Crippen LogP contribution is -2.19. The minimum Gasteiger partial charge on any atom is -0.321 e. The summed E-state index contributed by atoms with van der Waals surface area (Å²) in [7, 11) is 0. The molecule has 7 heteroatoms. The zero-order valence-corrected chi connectivity index (χ0v) is 14.3. The molecule has 0 saturated heterocycles. The number of carbonyl (C=O) groups is 1. The van der Waals surface area contributed by atoms with E-state index >= 15 is 0 Å². The maximum atomic E-state index is 12.1. The number of nitrogens with zero attached hydrogens (tertiary/aromatic N) is 2. The van der Waals surface area contributed by atoms with Gasteiger partial charge in [-0.15, -0.1) is 11.3 Å². The number of thioether (sulfide) groups is 1. The molecule has 0 spiro atoms. The van der Waals surface area contributed by atoms with Gasteiger partial charge in [-0.1, -0.05) is 35.5 Å². The highest BCUT2D eigenvalue weighted by Crippen LogP contribution is 2.35. The Balaban J connectivity index is 1.48. The van der Waals surface area contributed by atoms with E-state index in [4.69, 9.17) is 11.6 Å². The number of fused-ring (bicyclic) bond motifs is 1. The molecule has 0 bridgehead atoms. The number of carbonyl (C=O) groups excluding carboxylic acids is 1. The molecule has 0 aliphatic carbocycles. The van der Waals surface area contributed by atoms with Crippen molar-refractivity contribution in [2.45, 2.75) is 0 Å². The first kappa shape index (κ1) is 14.8. The number of thiophene rings is 1. The number of rotatable bonds is 3. The molecule has 1 N–H and O–H groups in total. The minimum atomic E-state index is -0.140. The fourth-order valence-electron chi connectivity index (χ4n) is 2.50. The Bertz CT molecular complexity index is 826. The van der Waals surface area contributed by atoms with Gasteiger partial charge in [0.1, 0.15) is 0 Å². The minimum absolute atomic E-state index is 0.140. The summed E-state index contributed by atoms with van der Waals surface area (Å²) in [4.78, 5) is 19.4. The van der Waals surface area contributed by atoms with Crippen molar-refractivity contribution in [3.63, 3.8) is 0 Å². The van der Waals surface area contributed by atoms with Crippen molar-refractivity contribution in [1.82, 2.24) is 4.90 Å². The molecule has 23 heavy (non-hydrogen) atoms. The average molecular weight is 362 g/mol. The van der Waals surface area contributed by atoms with Crippen molar-refractivity contribution >= 4 is 57.2 Å². The van der Waals surface area contributed by atoms with Crippen LogP contribution in [0.5, 0.6) is 0 Å². The van der Waals surface area contributed by atoms with Crippen LogP contribution < -0.4 is 5.32 Å². The summed E-state index contributed by atoms with van der Waals surface area (Å²) in [6, 6.07) is 11.3. The lowest BCUT2D eigenvalue weighted by molar-refractivity contribution is 0.103. The van der Waals surface area contributed by atoms with Crippen molar-refractivity contribution in [1.29, 1.82) is 0 Å².